The zero-order valence-corrected chi connectivity index (χ0v) is 18.2. The average Bonchev–Trinajstić information content (AvgIpc) is 2.69. The van der Waals surface area contributed by atoms with E-state index in [1.807, 2.05) is 32.0 Å². The van der Waals surface area contributed by atoms with Crippen molar-refractivity contribution in [1.82, 2.24) is 0 Å². The molecule has 3 rings (SSSR count). The molecule has 0 saturated carbocycles. The molecule has 0 heterocycles. The summed E-state index contributed by atoms with van der Waals surface area (Å²) < 4.78 is 46.6. The van der Waals surface area contributed by atoms with Gasteiger partial charge in [-0.1, -0.05) is 18.2 Å². The van der Waals surface area contributed by atoms with Crippen molar-refractivity contribution >= 4 is 27.3 Å². The Kier molecular flexibility index (Phi) is 6.60. The van der Waals surface area contributed by atoms with Crippen LogP contribution in [0.3, 0.4) is 0 Å². The van der Waals surface area contributed by atoms with Crippen molar-refractivity contribution < 1.29 is 22.3 Å². The summed E-state index contributed by atoms with van der Waals surface area (Å²) in [5.41, 5.74) is 2.33. The van der Waals surface area contributed by atoms with Crippen molar-refractivity contribution in [3.8, 4) is 5.75 Å². The first-order valence-corrected chi connectivity index (χ1v) is 11.1. The second kappa shape index (κ2) is 9.18. The van der Waals surface area contributed by atoms with Crippen LogP contribution in [0.15, 0.2) is 71.6 Å². The van der Waals surface area contributed by atoms with E-state index in [0.717, 1.165) is 17.2 Å². The van der Waals surface area contributed by atoms with Gasteiger partial charge < -0.3 is 10.1 Å². The van der Waals surface area contributed by atoms with Gasteiger partial charge in [0.2, 0.25) is 0 Å². The maximum absolute atomic E-state index is 13.7. The van der Waals surface area contributed by atoms with Crippen molar-refractivity contribution in [3.05, 3.63) is 83.7 Å². The number of carbonyl (C=O) groups is 1. The van der Waals surface area contributed by atoms with Gasteiger partial charge in [-0.15, -0.1) is 0 Å². The number of hydrogen-bond donors (Lipinski definition) is 2. The molecule has 3 aromatic rings. The standard InChI is InChI=1S/C23H23FN2O4S/c1-15-12-16(2)14-19(13-15)30-17(3)23(27)25-18-8-10-20(11-9-18)31(28,29)26-22-7-5-4-6-21(22)24/h4-14,17,26H,1-3H3,(H,25,27)/t17-/m0/s1. The van der Waals surface area contributed by atoms with Crippen LogP contribution in [-0.2, 0) is 14.8 Å². The van der Waals surface area contributed by atoms with E-state index in [2.05, 4.69) is 10.0 Å². The molecule has 0 aliphatic heterocycles. The molecule has 8 heteroatoms. The van der Waals surface area contributed by atoms with Gasteiger partial charge in [-0.3, -0.25) is 9.52 Å². The van der Waals surface area contributed by atoms with Gasteiger partial charge in [0.1, 0.15) is 11.6 Å². The van der Waals surface area contributed by atoms with Crippen molar-refractivity contribution in [3.63, 3.8) is 0 Å². The van der Waals surface area contributed by atoms with E-state index < -0.39 is 21.9 Å². The Balaban J connectivity index is 1.65. The first kappa shape index (κ1) is 22.3. The third-order valence-electron chi connectivity index (χ3n) is 4.43. The Morgan fingerprint density at radius 2 is 1.58 bits per heavy atom. The molecule has 162 valence electrons. The highest BCUT2D eigenvalue weighted by atomic mass is 32.2. The Labute approximate surface area is 181 Å². The molecular weight excluding hydrogens is 419 g/mol. The lowest BCUT2D eigenvalue weighted by Gasteiger charge is -2.16. The number of anilines is 2. The molecule has 1 amide bonds. The molecule has 3 aromatic carbocycles. The molecule has 0 aliphatic carbocycles. The third-order valence-corrected chi connectivity index (χ3v) is 5.81. The van der Waals surface area contributed by atoms with Crippen molar-refractivity contribution in [2.45, 2.75) is 31.8 Å². The molecule has 31 heavy (non-hydrogen) atoms. The summed E-state index contributed by atoms with van der Waals surface area (Å²) in [7, 11) is -3.97. The lowest BCUT2D eigenvalue weighted by molar-refractivity contribution is -0.122. The van der Waals surface area contributed by atoms with E-state index in [4.69, 9.17) is 4.74 Å². The zero-order valence-electron chi connectivity index (χ0n) is 17.3. The molecule has 0 aliphatic rings. The number of para-hydroxylation sites is 1. The zero-order chi connectivity index (χ0) is 22.6. The monoisotopic (exact) mass is 442 g/mol. The van der Waals surface area contributed by atoms with Gasteiger partial charge in [0.15, 0.2) is 6.10 Å². The fourth-order valence-corrected chi connectivity index (χ4v) is 4.03. The van der Waals surface area contributed by atoms with E-state index in [1.165, 1.54) is 42.5 Å². The Morgan fingerprint density at radius 1 is 0.968 bits per heavy atom. The summed E-state index contributed by atoms with van der Waals surface area (Å²) in [6.45, 7) is 5.52. The normalized spacial score (nSPS) is 12.1. The predicted octanol–water partition coefficient (Wildman–Crippen LogP) is 4.65. The van der Waals surface area contributed by atoms with Crippen LogP contribution in [0.25, 0.3) is 0 Å². The largest absolute Gasteiger partial charge is 0.481 e. The minimum Gasteiger partial charge on any atom is -0.481 e. The van der Waals surface area contributed by atoms with Crippen molar-refractivity contribution in [2.75, 3.05) is 10.0 Å². The van der Waals surface area contributed by atoms with Crippen LogP contribution in [0, 0.1) is 19.7 Å². The third kappa shape index (κ3) is 5.82. The molecule has 0 spiro atoms. The number of ether oxygens (including phenoxy) is 1. The fraction of sp³-hybridized carbons (Fsp3) is 0.174. The van der Waals surface area contributed by atoms with Crippen LogP contribution in [0.2, 0.25) is 0 Å². The molecular formula is C23H23FN2O4S. The summed E-state index contributed by atoms with van der Waals surface area (Å²) in [5, 5.41) is 2.69. The summed E-state index contributed by atoms with van der Waals surface area (Å²) in [6.07, 6.45) is -0.757. The Morgan fingerprint density at radius 3 is 2.19 bits per heavy atom. The van der Waals surface area contributed by atoms with E-state index in [0.29, 0.717) is 11.4 Å². The molecule has 0 fully saturated rings. The smallest absolute Gasteiger partial charge is 0.265 e. The SMILES string of the molecule is Cc1cc(C)cc(O[C@@H](C)C(=O)Nc2ccc(S(=O)(=O)Nc3ccccc3F)cc2)c1. The van der Waals surface area contributed by atoms with E-state index in [1.54, 1.807) is 6.92 Å². The molecule has 0 aromatic heterocycles. The van der Waals surface area contributed by atoms with Gasteiger partial charge in [-0.25, -0.2) is 12.8 Å². The maximum Gasteiger partial charge on any atom is 0.265 e. The highest BCUT2D eigenvalue weighted by molar-refractivity contribution is 7.92. The number of amides is 1. The van der Waals surface area contributed by atoms with E-state index >= 15 is 0 Å². The topological polar surface area (TPSA) is 84.5 Å². The first-order valence-electron chi connectivity index (χ1n) is 9.57. The summed E-state index contributed by atoms with van der Waals surface area (Å²) in [6, 6.07) is 16.8. The fourth-order valence-electron chi connectivity index (χ4n) is 2.97. The van der Waals surface area contributed by atoms with Crippen LogP contribution in [0.1, 0.15) is 18.1 Å². The van der Waals surface area contributed by atoms with E-state index in [-0.39, 0.29) is 16.5 Å². The number of rotatable bonds is 7. The van der Waals surface area contributed by atoms with Crippen LogP contribution >= 0.6 is 0 Å². The number of nitrogens with one attached hydrogen (secondary N) is 2. The molecule has 0 bridgehead atoms. The number of carbonyl (C=O) groups excluding carboxylic acids is 1. The average molecular weight is 443 g/mol. The Bertz CT molecular complexity index is 1170. The predicted molar refractivity (Wildman–Crippen MR) is 118 cm³/mol. The van der Waals surface area contributed by atoms with Crippen molar-refractivity contribution in [2.24, 2.45) is 0 Å². The van der Waals surface area contributed by atoms with Gasteiger partial charge in [0.05, 0.1) is 10.6 Å². The molecule has 2 N–H and O–H groups in total. The van der Waals surface area contributed by atoms with Crippen LogP contribution in [0.5, 0.6) is 5.75 Å². The van der Waals surface area contributed by atoms with Crippen LogP contribution in [0.4, 0.5) is 15.8 Å². The van der Waals surface area contributed by atoms with Gasteiger partial charge in [0.25, 0.3) is 15.9 Å². The van der Waals surface area contributed by atoms with Crippen LogP contribution < -0.4 is 14.8 Å². The molecule has 0 saturated heterocycles. The number of aryl methyl sites for hydroxylation is 2. The summed E-state index contributed by atoms with van der Waals surface area (Å²) >= 11 is 0. The van der Waals surface area contributed by atoms with E-state index in [9.17, 15) is 17.6 Å². The number of sulfonamides is 1. The van der Waals surface area contributed by atoms with Crippen molar-refractivity contribution in [1.29, 1.82) is 0 Å². The highest BCUT2D eigenvalue weighted by Gasteiger charge is 2.18. The van der Waals surface area contributed by atoms with Gasteiger partial charge in [-0.2, -0.15) is 0 Å². The lowest BCUT2D eigenvalue weighted by atomic mass is 10.1. The van der Waals surface area contributed by atoms with Crippen LogP contribution in [-0.4, -0.2) is 20.4 Å². The molecule has 0 radical (unpaired) electrons. The first-order chi connectivity index (χ1) is 14.6. The number of halogens is 1. The minimum absolute atomic E-state index is 0.0618. The molecule has 1 atom stereocenters. The Hall–Kier alpha value is -3.39. The van der Waals surface area contributed by atoms with Gasteiger partial charge in [-0.05, 0) is 80.4 Å². The second-order valence-electron chi connectivity index (χ2n) is 7.18. The minimum atomic E-state index is -3.97. The summed E-state index contributed by atoms with van der Waals surface area (Å²) in [5.74, 6) is -0.451. The quantitative estimate of drug-likeness (QED) is 0.558. The molecule has 0 unspecified atom stereocenters. The number of hydrogen-bond acceptors (Lipinski definition) is 4. The number of benzene rings is 3. The maximum atomic E-state index is 13.7. The second-order valence-corrected chi connectivity index (χ2v) is 8.86. The molecule has 6 nitrogen and oxygen atoms in total. The van der Waals surface area contributed by atoms with Gasteiger partial charge in [0, 0.05) is 5.69 Å². The summed E-state index contributed by atoms with van der Waals surface area (Å²) in [4.78, 5) is 12.4. The highest BCUT2D eigenvalue weighted by Crippen LogP contribution is 2.21. The van der Waals surface area contributed by atoms with Gasteiger partial charge >= 0.3 is 0 Å². The lowest BCUT2D eigenvalue weighted by Crippen LogP contribution is -2.30.